The van der Waals surface area contributed by atoms with E-state index in [9.17, 15) is 0 Å². The maximum Gasteiger partial charge on any atom is -0.0295 e. The fourth-order valence-corrected chi connectivity index (χ4v) is 1.95. The molecule has 0 aromatic heterocycles. The average molecular weight is 158 g/mol. The van der Waals surface area contributed by atoms with Crippen LogP contribution < -0.4 is 0 Å². The van der Waals surface area contributed by atoms with E-state index in [-0.39, 0.29) is 14.9 Å². The first kappa shape index (κ1) is 13.6. The molecule has 0 aromatic carbocycles. The van der Waals surface area contributed by atoms with E-state index in [0.717, 1.165) is 11.8 Å². The van der Waals surface area contributed by atoms with Crippen molar-refractivity contribution in [1.29, 1.82) is 0 Å². The monoisotopic (exact) mass is 158 g/mol. The molecule has 11 heavy (non-hydrogen) atoms. The van der Waals surface area contributed by atoms with Crippen LogP contribution in [0, 0.1) is 17.3 Å². The predicted molar refractivity (Wildman–Crippen MR) is 54.8 cm³/mol. The van der Waals surface area contributed by atoms with Gasteiger partial charge in [0.15, 0.2) is 0 Å². The van der Waals surface area contributed by atoms with Crippen molar-refractivity contribution < 1.29 is 0 Å². The van der Waals surface area contributed by atoms with Gasteiger partial charge in [0.2, 0.25) is 0 Å². The molecule has 1 aliphatic carbocycles. The quantitative estimate of drug-likeness (QED) is 0.560. The van der Waals surface area contributed by atoms with Gasteiger partial charge in [-0.2, -0.15) is 0 Å². The van der Waals surface area contributed by atoms with E-state index in [1.807, 2.05) is 0 Å². The van der Waals surface area contributed by atoms with Gasteiger partial charge in [-0.15, -0.1) is 0 Å². The molecule has 0 nitrogen and oxygen atoms in total. The summed E-state index contributed by atoms with van der Waals surface area (Å²) in [5.74, 6) is 2.01. The van der Waals surface area contributed by atoms with Crippen LogP contribution in [-0.2, 0) is 0 Å². The van der Waals surface area contributed by atoms with E-state index in [2.05, 4.69) is 27.7 Å². The van der Waals surface area contributed by atoms with Crippen molar-refractivity contribution >= 4 is 0 Å². The van der Waals surface area contributed by atoms with E-state index in [1.54, 1.807) is 0 Å². The molecule has 0 N–H and O–H groups in total. The standard InChI is InChI=1S/C9H18.2CH4/c1-5-6-8-7(2)9(8,3)4;;/h7-8H,5-6H2,1-4H3;2*1H4. The Morgan fingerprint density at radius 2 is 1.55 bits per heavy atom. The van der Waals surface area contributed by atoms with Gasteiger partial charge in [-0.25, -0.2) is 0 Å². The zero-order chi connectivity index (χ0) is 7.07. The van der Waals surface area contributed by atoms with Crippen molar-refractivity contribution in [1.82, 2.24) is 0 Å². The Morgan fingerprint density at radius 3 is 1.64 bits per heavy atom. The summed E-state index contributed by atoms with van der Waals surface area (Å²) in [6.07, 6.45) is 2.80. The van der Waals surface area contributed by atoms with Gasteiger partial charge < -0.3 is 0 Å². The Kier molecular flexibility index (Phi) is 5.10. The molecule has 1 rings (SSSR count). The molecule has 0 heterocycles. The second kappa shape index (κ2) is 4.13. The largest absolute Gasteiger partial charge is 0.0776 e. The summed E-state index contributed by atoms with van der Waals surface area (Å²) >= 11 is 0. The van der Waals surface area contributed by atoms with Crippen LogP contribution in [0.5, 0.6) is 0 Å². The first-order valence-corrected chi connectivity index (χ1v) is 4.10. The van der Waals surface area contributed by atoms with Crippen LogP contribution in [0.3, 0.4) is 0 Å². The Labute approximate surface area is 73.4 Å². The maximum absolute atomic E-state index is 2.39. The third-order valence-electron chi connectivity index (χ3n) is 3.22. The zero-order valence-corrected chi connectivity index (χ0v) is 7.07. The first-order chi connectivity index (χ1) is 4.10. The van der Waals surface area contributed by atoms with Crippen LogP contribution in [0.15, 0.2) is 0 Å². The molecule has 70 valence electrons. The Hall–Kier alpha value is 0. The van der Waals surface area contributed by atoms with E-state index < -0.39 is 0 Å². The Morgan fingerprint density at radius 1 is 1.18 bits per heavy atom. The lowest BCUT2D eigenvalue weighted by atomic mass is 10.1. The van der Waals surface area contributed by atoms with E-state index >= 15 is 0 Å². The van der Waals surface area contributed by atoms with Crippen LogP contribution in [0.2, 0.25) is 0 Å². The molecule has 0 aromatic rings. The fraction of sp³-hybridized carbons (Fsp3) is 1.00. The second-order valence-corrected chi connectivity index (χ2v) is 4.01. The number of hydrogen-bond acceptors (Lipinski definition) is 0. The van der Waals surface area contributed by atoms with Crippen molar-refractivity contribution in [3.05, 3.63) is 0 Å². The van der Waals surface area contributed by atoms with Crippen LogP contribution in [0.1, 0.15) is 55.4 Å². The minimum absolute atomic E-state index is 0. The number of rotatable bonds is 2. The van der Waals surface area contributed by atoms with E-state index in [4.69, 9.17) is 0 Å². The fourth-order valence-electron chi connectivity index (χ4n) is 1.95. The molecule has 1 aliphatic rings. The van der Waals surface area contributed by atoms with Gasteiger partial charge in [0, 0.05) is 0 Å². The highest BCUT2D eigenvalue weighted by Gasteiger charge is 2.52. The molecule has 0 amide bonds. The summed E-state index contributed by atoms with van der Waals surface area (Å²) in [7, 11) is 0. The normalized spacial score (nSPS) is 31.6. The summed E-state index contributed by atoms with van der Waals surface area (Å²) in [6.45, 7) is 9.43. The van der Waals surface area contributed by atoms with Gasteiger partial charge >= 0.3 is 0 Å². The lowest BCUT2D eigenvalue weighted by molar-refractivity contribution is 0.522. The summed E-state index contributed by atoms with van der Waals surface area (Å²) in [4.78, 5) is 0. The molecule has 0 spiro atoms. The summed E-state index contributed by atoms with van der Waals surface area (Å²) in [5, 5.41) is 0. The minimum atomic E-state index is 0. The summed E-state index contributed by atoms with van der Waals surface area (Å²) < 4.78 is 0. The van der Waals surface area contributed by atoms with E-state index in [0.29, 0.717) is 5.41 Å². The smallest absolute Gasteiger partial charge is 0.0295 e. The molecular formula is C11H26. The first-order valence-electron chi connectivity index (χ1n) is 4.10. The molecule has 0 heteroatoms. The molecule has 1 fully saturated rings. The highest BCUT2D eigenvalue weighted by atomic mass is 14.6. The van der Waals surface area contributed by atoms with Gasteiger partial charge in [0.05, 0.1) is 0 Å². The highest BCUT2D eigenvalue weighted by Crippen LogP contribution is 2.59. The van der Waals surface area contributed by atoms with Gasteiger partial charge in [0.1, 0.15) is 0 Å². The molecular weight excluding hydrogens is 132 g/mol. The lowest BCUT2D eigenvalue weighted by Gasteiger charge is -1.98. The lowest BCUT2D eigenvalue weighted by Crippen LogP contribution is -1.88. The topological polar surface area (TPSA) is 0 Å². The van der Waals surface area contributed by atoms with Gasteiger partial charge in [0.25, 0.3) is 0 Å². The third kappa shape index (κ3) is 2.21. The van der Waals surface area contributed by atoms with Gasteiger partial charge in [-0.1, -0.05) is 49.0 Å². The summed E-state index contributed by atoms with van der Waals surface area (Å²) in [5.41, 5.74) is 0.677. The Bertz CT molecular complexity index is 103. The summed E-state index contributed by atoms with van der Waals surface area (Å²) in [6, 6.07) is 0. The molecule has 0 radical (unpaired) electrons. The SMILES string of the molecule is C.C.CCCC1C(C)C1(C)C. The van der Waals surface area contributed by atoms with Gasteiger partial charge in [-0.3, -0.25) is 0 Å². The van der Waals surface area contributed by atoms with Crippen molar-refractivity contribution in [3.63, 3.8) is 0 Å². The third-order valence-corrected chi connectivity index (χ3v) is 3.22. The highest BCUT2D eigenvalue weighted by molar-refractivity contribution is 5.01. The number of hydrogen-bond donors (Lipinski definition) is 0. The predicted octanol–water partition coefficient (Wildman–Crippen LogP) is 4.35. The molecule has 0 aliphatic heterocycles. The molecule has 2 unspecified atom stereocenters. The van der Waals surface area contributed by atoms with Crippen LogP contribution in [0.4, 0.5) is 0 Å². The average Bonchev–Trinajstić information content (AvgIpc) is 2.19. The van der Waals surface area contributed by atoms with Crippen molar-refractivity contribution in [2.24, 2.45) is 17.3 Å². The van der Waals surface area contributed by atoms with Crippen molar-refractivity contribution in [2.45, 2.75) is 55.4 Å². The molecule has 1 saturated carbocycles. The van der Waals surface area contributed by atoms with Gasteiger partial charge in [-0.05, 0) is 23.7 Å². The van der Waals surface area contributed by atoms with Crippen molar-refractivity contribution in [2.75, 3.05) is 0 Å². The maximum atomic E-state index is 2.39. The van der Waals surface area contributed by atoms with Crippen molar-refractivity contribution in [3.8, 4) is 0 Å². The molecule has 0 bridgehead atoms. The van der Waals surface area contributed by atoms with Crippen LogP contribution >= 0.6 is 0 Å². The van der Waals surface area contributed by atoms with E-state index in [1.165, 1.54) is 12.8 Å². The minimum Gasteiger partial charge on any atom is -0.0776 e. The second-order valence-electron chi connectivity index (χ2n) is 4.01. The van der Waals surface area contributed by atoms with Crippen LogP contribution in [-0.4, -0.2) is 0 Å². The molecule has 0 saturated heterocycles. The van der Waals surface area contributed by atoms with Crippen LogP contribution in [0.25, 0.3) is 0 Å². The Balaban J connectivity index is 0. The zero-order valence-electron chi connectivity index (χ0n) is 7.07. The molecule has 2 atom stereocenters.